The molecule has 1 saturated heterocycles. The van der Waals surface area contributed by atoms with Gasteiger partial charge in [-0.25, -0.2) is 4.98 Å². The zero-order valence-electron chi connectivity index (χ0n) is 14.2. The molecule has 1 aromatic heterocycles. The quantitative estimate of drug-likeness (QED) is 0.913. The number of carbonyl (C=O) groups is 1. The highest BCUT2D eigenvalue weighted by Gasteiger charge is 2.23. The second kappa shape index (κ2) is 8.15. The van der Waals surface area contributed by atoms with Crippen LogP contribution in [0.25, 0.3) is 6.08 Å². The average molecular weight is 346 g/mol. The van der Waals surface area contributed by atoms with Crippen LogP contribution in [0, 0.1) is 19.8 Å². The fraction of sp³-hybridized carbons (Fsp3) is 0.368. The maximum Gasteiger partial charge on any atom is 0.271 e. The van der Waals surface area contributed by atoms with Gasteiger partial charge < -0.3 is 9.88 Å². The van der Waals surface area contributed by atoms with E-state index in [9.17, 15) is 4.79 Å². The van der Waals surface area contributed by atoms with Crippen LogP contribution in [0.1, 0.15) is 40.0 Å². The molecule has 4 nitrogen and oxygen atoms in total. The van der Waals surface area contributed by atoms with Crippen LogP contribution in [-0.2, 0) is 0 Å². The van der Waals surface area contributed by atoms with E-state index in [0.29, 0.717) is 11.6 Å². The van der Waals surface area contributed by atoms with E-state index < -0.39 is 0 Å². The maximum absolute atomic E-state index is 12.3. The molecule has 1 aliphatic rings. The number of halogens is 1. The number of benzene rings is 1. The zero-order chi connectivity index (χ0) is 16.2. The van der Waals surface area contributed by atoms with Crippen LogP contribution >= 0.6 is 12.4 Å². The highest BCUT2D eigenvalue weighted by molar-refractivity contribution is 5.92. The minimum atomic E-state index is 0. The van der Waals surface area contributed by atoms with Crippen LogP contribution < -0.4 is 0 Å². The van der Waals surface area contributed by atoms with Crippen molar-refractivity contribution in [3.05, 3.63) is 59.2 Å². The molecule has 1 N–H and O–H groups in total. The number of allylic oxidation sites excluding steroid dienone is 1. The van der Waals surface area contributed by atoms with Crippen LogP contribution in [0.3, 0.4) is 0 Å². The predicted molar refractivity (Wildman–Crippen MR) is 99.4 cm³/mol. The molecular weight excluding hydrogens is 322 g/mol. The Morgan fingerprint density at radius 3 is 2.50 bits per heavy atom. The van der Waals surface area contributed by atoms with Gasteiger partial charge in [0.05, 0.1) is 12.5 Å². The maximum atomic E-state index is 12.3. The minimum absolute atomic E-state index is 0. The minimum Gasteiger partial charge on any atom is -0.341 e. The molecule has 0 bridgehead atoms. The van der Waals surface area contributed by atoms with E-state index in [0.717, 1.165) is 25.9 Å². The first-order valence-electron chi connectivity index (χ1n) is 8.17. The molecule has 3 rings (SSSR count). The number of nitrogens with one attached hydrogen (secondary N) is 1. The topological polar surface area (TPSA) is 49.0 Å². The molecule has 0 spiro atoms. The van der Waals surface area contributed by atoms with Gasteiger partial charge in [-0.2, -0.15) is 0 Å². The molecule has 128 valence electrons. The number of hydrogen-bond donors (Lipinski definition) is 1. The number of nitrogens with zero attached hydrogens (tertiary/aromatic N) is 2. The van der Waals surface area contributed by atoms with E-state index in [4.69, 9.17) is 0 Å². The lowest BCUT2D eigenvalue weighted by Gasteiger charge is -2.30. The standard InChI is InChI=1S/C19H23N3O.ClH/c1-14-4-3-5-15(2)17(14)7-6-16-8-10-22(11-9-16)19(23)18-12-20-13-21-18;/h3-7,12-13,16H,8-11H2,1-2H3,(H,20,21);1H. The lowest BCUT2D eigenvalue weighted by Crippen LogP contribution is -2.38. The van der Waals surface area contributed by atoms with Crippen LogP contribution in [-0.4, -0.2) is 33.9 Å². The second-order valence-electron chi connectivity index (χ2n) is 6.26. The molecule has 0 atom stereocenters. The highest BCUT2D eigenvalue weighted by atomic mass is 35.5. The lowest BCUT2D eigenvalue weighted by atomic mass is 9.94. The third-order valence-electron chi connectivity index (χ3n) is 4.63. The predicted octanol–water partition coefficient (Wildman–Crippen LogP) is 4.01. The average Bonchev–Trinajstić information content (AvgIpc) is 3.09. The van der Waals surface area contributed by atoms with Gasteiger partial charge in [0.2, 0.25) is 0 Å². The molecule has 24 heavy (non-hydrogen) atoms. The summed E-state index contributed by atoms with van der Waals surface area (Å²) in [5.41, 5.74) is 4.53. The first-order valence-corrected chi connectivity index (χ1v) is 8.17. The Morgan fingerprint density at radius 2 is 1.92 bits per heavy atom. The number of aryl methyl sites for hydroxylation is 2. The van der Waals surface area contributed by atoms with Crippen molar-refractivity contribution >= 4 is 24.4 Å². The van der Waals surface area contributed by atoms with Gasteiger partial charge in [-0.1, -0.05) is 30.4 Å². The van der Waals surface area contributed by atoms with Gasteiger partial charge in [0, 0.05) is 13.1 Å². The van der Waals surface area contributed by atoms with Crippen molar-refractivity contribution in [3.8, 4) is 0 Å². The van der Waals surface area contributed by atoms with Gasteiger partial charge in [-0.3, -0.25) is 4.79 Å². The van der Waals surface area contributed by atoms with Crippen molar-refractivity contribution in [1.29, 1.82) is 0 Å². The number of rotatable bonds is 3. The summed E-state index contributed by atoms with van der Waals surface area (Å²) in [4.78, 5) is 21.0. The molecule has 1 aromatic carbocycles. The number of piperidine rings is 1. The smallest absolute Gasteiger partial charge is 0.271 e. The Balaban J connectivity index is 0.00000208. The molecule has 2 heterocycles. The third-order valence-corrected chi connectivity index (χ3v) is 4.63. The molecule has 5 heteroatoms. The Labute approximate surface area is 149 Å². The Bertz CT molecular complexity index is 681. The molecule has 1 fully saturated rings. The Morgan fingerprint density at radius 1 is 1.25 bits per heavy atom. The Kier molecular flexibility index (Phi) is 6.21. The lowest BCUT2D eigenvalue weighted by molar-refractivity contribution is 0.0700. The molecule has 2 aromatic rings. The number of likely N-dealkylation sites (tertiary alicyclic amines) is 1. The molecule has 0 unspecified atom stereocenters. The van der Waals surface area contributed by atoms with Crippen molar-refractivity contribution in [2.24, 2.45) is 5.92 Å². The molecule has 1 amide bonds. The van der Waals surface area contributed by atoms with Gasteiger partial charge in [0.25, 0.3) is 5.91 Å². The van der Waals surface area contributed by atoms with E-state index in [1.807, 2.05) is 4.90 Å². The summed E-state index contributed by atoms with van der Waals surface area (Å²) in [6.45, 7) is 5.91. The molecule has 1 aliphatic heterocycles. The summed E-state index contributed by atoms with van der Waals surface area (Å²) in [7, 11) is 0. The van der Waals surface area contributed by atoms with Crippen molar-refractivity contribution < 1.29 is 4.79 Å². The third kappa shape index (κ3) is 4.06. The molecule has 0 aliphatic carbocycles. The molecule has 0 saturated carbocycles. The largest absolute Gasteiger partial charge is 0.341 e. The summed E-state index contributed by atoms with van der Waals surface area (Å²) in [6.07, 6.45) is 9.74. The number of H-pyrrole nitrogens is 1. The normalized spacial score (nSPS) is 15.5. The van der Waals surface area contributed by atoms with E-state index in [2.05, 4.69) is 54.2 Å². The number of aromatic amines is 1. The van der Waals surface area contributed by atoms with E-state index in [1.165, 1.54) is 16.7 Å². The summed E-state index contributed by atoms with van der Waals surface area (Å²) in [6, 6.07) is 6.40. The summed E-state index contributed by atoms with van der Waals surface area (Å²) in [5, 5.41) is 0. The van der Waals surface area contributed by atoms with Crippen LogP contribution in [0.5, 0.6) is 0 Å². The van der Waals surface area contributed by atoms with Gasteiger partial charge in [-0.05, 0) is 49.3 Å². The van der Waals surface area contributed by atoms with E-state index in [1.54, 1.807) is 12.5 Å². The van der Waals surface area contributed by atoms with Gasteiger partial charge in [0.15, 0.2) is 0 Å². The monoisotopic (exact) mass is 345 g/mol. The number of carbonyl (C=O) groups excluding carboxylic acids is 1. The van der Waals surface area contributed by atoms with Crippen molar-refractivity contribution in [3.63, 3.8) is 0 Å². The fourth-order valence-electron chi connectivity index (χ4n) is 3.16. The van der Waals surface area contributed by atoms with Crippen molar-refractivity contribution in [1.82, 2.24) is 14.9 Å². The van der Waals surface area contributed by atoms with Gasteiger partial charge in [-0.15, -0.1) is 12.4 Å². The van der Waals surface area contributed by atoms with Crippen LogP contribution in [0.4, 0.5) is 0 Å². The van der Waals surface area contributed by atoms with Gasteiger partial charge in [0.1, 0.15) is 5.69 Å². The highest BCUT2D eigenvalue weighted by Crippen LogP contribution is 2.22. The number of amides is 1. The van der Waals surface area contributed by atoms with Crippen LogP contribution in [0.15, 0.2) is 36.8 Å². The molecular formula is C19H24ClN3O. The zero-order valence-corrected chi connectivity index (χ0v) is 15.0. The summed E-state index contributed by atoms with van der Waals surface area (Å²) in [5.74, 6) is 0.597. The summed E-state index contributed by atoms with van der Waals surface area (Å²) < 4.78 is 0. The number of imidazole rings is 1. The number of aromatic nitrogens is 2. The number of hydrogen-bond acceptors (Lipinski definition) is 2. The van der Waals surface area contributed by atoms with Crippen LogP contribution in [0.2, 0.25) is 0 Å². The Hall–Kier alpha value is -2.07. The van der Waals surface area contributed by atoms with E-state index >= 15 is 0 Å². The first kappa shape index (κ1) is 18.3. The molecule has 0 radical (unpaired) electrons. The summed E-state index contributed by atoms with van der Waals surface area (Å²) >= 11 is 0. The SMILES string of the molecule is Cc1cccc(C)c1C=CC1CCN(C(=O)c2cnc[nH]2)CC1.Cl. The van der Waals surface area contributed by atoms with E-state index in [-0.39, 0.29) is 18.3 Å². The fourth-order valence-corrected chi connectivity index (χ4v) is 3.16. The van der Waals surface area contributed by atoms with Crippen molar-refractivity contribution in [2.75, 3.05) is 13.1 Å². The van der Waals surface area contributed by atoms with Gasteiger partial charge >= 0.3 is 0 Å². The van der Waals surface area contributed by atoms with Crippen molar-refractivity contribution in [2.45, 2.75) is 26.7 Å². The first-order chi connectivity index (χ1) is 11.1. The second-order valence-corrected chi connectivity index (χ2v) is 6.26.